The van der Waals surface area contributed by atoms with Crippen LogP contribution in [0.3, 0.4) is 0 Å². The molecule has 0 bridgehead atoms. The van der Waals surface area contributed by atoms with Crippen molar-refractivity contribution in [1.82, 2.24) is 15.1 Å². The average Bonchev–Trinajstić information content (AvgIpc) is 2.74. The van der Waals surface area contributed by atoms with Crippen molar-refractivity contribution in [2.75, 3.05) is 52.9 Å². The SMILES string of the molecule is CN1CCN(CC(N)C2CCNC2)CC1. The number of hydrogen-bond donors (Lipinski definition) is 2. The Labute approximate surface area is 92.8 Å². The molecule has 0 radical (unpaired) electrons. The van der Waals surface area contributed by atoms with Gasteiger partial charge in [-0.15, -0.1) is 0 Å². The van der Waals surface area contributed by atoms with Gasteiger partial charge in [0.15, 0.2) is 0 Å². The zero-order valence-electron chi connectivity index (χ0n) is 9.78. The van der Waals surface area contributed by atoms with Gasteiger partial charge in [-0.3, -0.25) is 4.90 Å². The number of nitrogens with two attached hydrogens (primary N) is 1. The average molecular weight is 212 g/mol. The number of rotatable bonds is 3. The van der Waals surface area contributed by atoms with Gasteiger partial charge >= 0.3 is 0 Å². The van der Waals surface area contributed by atoms with Gasteiger partial charge in [0.05, 0.1) is 0 Å². The minimum absolute atomic E-state index is 0.364. The predicted molar refractivity (Wildman–Crippen MR) is 62.9 cm³/mol. The van der Waals surface area contributed by atoms with E-state index < -0.39 is 0 Å². The lowest BCUT2D eigenvalue weighted by Gasteiger charge is -2.34. The van der Waals surface area contributed by atoms with Crippen LogP contribution in [0.25, 0.3) is 0 Å². The van der Waals surface area contributed by atoms with Gasteiger partial charge in [0.25, 0.3) is 0 Å². The van der Waals surface area contributed by atoms with E-state index in [4.69, 9.17) is 5.73 Å². The molecule has 15 heavy (non-hydrogen) atoms. The van der Waals surface area contributed by atoms with Crippen molar-refractivity contribution >= 4 is 0 Å². The summed E-state index contributed by atoms with van der Waals surface area (Å²) in [6.45, 7) is 8.11. The Morgan fingerprint density at radius 1 is 1.33 bits per heavy atom. The molecule has 2 aliphatic rings. The maximum Gasteiger partial charge on any atom is 0.0209 e. The van der Waals surface area contributed by atoms with Crippen LogP contribution < -0.4 is 11.1 Å². The zero-order chi connectivity index (χ0) is 10.7. The maximum absolute atomic E-state index is 6.25. The summed E-state index contributed by atoms with van der Waals surface area (Å²) >= 11 is 0. The Bertz CT molecular complexity index is 183. The lowest BCUT2D eigenvalue weighted by Crippen LogP contribution is -2.50. The second-order valence-electron chi connectivity index (χ2n) is 5.02. The molecule has 2 atom stereocenters. The number of piperazine rings is 1. The van der Waals surface area contributed by atoms with Crippen molar-refractivity contribution < 1.29 is 0 Å². The van der Waals surface area contributed by atoms with E-state index in [0.29, 0.717) is 12.0 Å². The molecule has 3 N–H and O–H groups in total. The first kappa shape index (κ1) is 11.3. The summed E-state index contributed by atoms with van der Waals surface area (Å²) < 4.78 is 0. The second kappa shape index (κ2) is 5.25. The molecule has 2 aliphatic heterocycles. The van der Waals surface area contributed by atoms with Gasteiger partial charge < -0.3 is 16.0 Å². The minimum Gasteiger partial charge on any atom is -0.326 e. The van der Waals surface area contributed by atoms with Gasteiger partial charge in [-0.2, -0.15) is 0 Å². The van der Waals surface area contributed by atoms with Gasteiger partial charge in [-0.25, -0.2) is 0 Å². The Balaban J connectivity index is 1.71. The molecule has 88 valence electrons. The number of nitrogens with one attached hydrogen (secondary N) is 1. The van der Waals surface area contributed by atoms with Gasteiger partial charge in [0.1, 0.15) is 0 Å². The lowest BCUT2D eigenvalue weighted by molar-refractivity contribution is 0.139. The second-order valence-corrected chi connectivity index (χ2v) is 5.02. The molecule has 4 nitrogen and oxygen atoms in total. The molecule has 2 fully saturated rings. The molecule has 0 aromatic carbocycles. The molecule has 0 spiro atoms. The van der Waals surface area contributed by atoms with E-state index in [0.717, 1.165) is 19.6 Å². The van der Waals surface area contributed by atoms with E-state index >= 15 is 0 Å². The highest BCUT2D eigenvalue weighted by atomic mass is 15.2. The Morgan fingerprint density at radius 3 is 2.67 bits per heavy atom. The van der Waals surface area contributed by atoms with Crippen LogP contribution in [-0.2, 0) is 0 Å². The first-order chi connectivity index (χ1) is 7.25. The van der Waals surface area contributed by atoms with Crippen LogP contribution in [0.5, 0.6) is 0 Å². The molecule has 2 saturated heterocycles. The van der Waals surface area contributed by atoms with Gasteiger partial charge in [-0.05, 0) is 32.5 Å². The van der Waals surface area contributed by atoms with Gasteiger partial charge in [0.2, 0.25) is 0 Å². The number of nitrogens with zero attached hydrogens (tertiary/aromatic N) is 2. The van der Waals surface area contributed by atoms with Crippen LogP contribution in [-0.4, -0.2) is 68.7 Å². The highest BCUT2D eigenvalue weighted by Gasteiger charge is 2.24. The van der Waals surface area contributed by atoms with Gasteiger partial charge in [0, 0.05) is 38.8 Å². The topological polar surface area (TPSA) is 44.5 Å². The normalized spacial score (nSPS) is 32.0. The van der Waals surface area contributed by atoms with E-state index in [-0.39, 0.29) is 0 Å². The molecule has 2 heterocycles. The molecule has 0 aliphatic carbocycles. The molecular formula is C11H24N4. The van der Waals surface area contributed by atoms with Crippen molar-refractivity contribution in [2.24, 2.45) is 11.7 Å². The van der Waals surface area contributed by atoms with Gasteiger partial charge in [-0.1, -0.05) is 0 Å². The van der Waals surface area contributed by atoms with E-state index in [9.17, 15) is 0 Å². The summed E-state index contributed by atoms with van der Waals surface area (Å²) in [6, 6.07) is 0.364. The summed E-state index contributed by atoms with van der Waals surface area (Å²) in [5, 5.41) is 3.39. The molecule has 0 amide bonds. The zero-order valence-corrected chi connectivity index (χ0v) is 9.78. The van der Waals surface area contributed by atoms with E-state index in [2.05, 4.69) is 22.2 Å². The summed E-state index contributed by atoms with van der Waals surface area (Å²) in [5.41, 5.74) is 6.25. The quantitative estimate of drug-likeness (QED) is 0.641. The van der Waals surface area contributed by atoms with Crippen LogP contribution >= 0.6 is 0 Å². The van der Waals surface area contributed by atoms with Crippen LogP contribution in [0.2, 0.25) is 0 Å². The van der Waals surface area contributed by atoms with Crippen LogP contribution in [0, 0.1) is 5.92 Å². The van der Waals surface area contributed by atoms with E-state index in [1.54, 1.807) is 0 Å². The lowest BCUT2D eigenvalue weighted by atomic mass is 9.99. The fourth-order valence-corrected chi connectivity index (χ4v) is 2.52. The third-order valence-corrected chi connectivity index (χ3v) is 3.77. The molecule has 2 rings (SSSR count). The highest BCUT2D eigenvalue weighted by molar-refractivity contribution is 4.84. The summed E-state index contributed by atoms with van der Waals surface area (Å²) in [4.78, 5) is 4.90. The van der Waals surface area contributed by atoms with Crippen LogP contribution in [0.4, 0.5) is 0 Å². The molecule has 0 aromatic heterocycles. The molecule has 4 heteroatoms. The van der Waals surface area contributed by atoms with Crippen LogP contribution in [0.1, 0.15) is 6.42 Å². The third-order valence-electron chi connectivity index (χ3n) is 3.77. The Kier molecular flexibility index (Phi) is 3.97. The summed E-state index contributed by atoms with van der Waals surface area (Å²) in [6.07, 6.45) is 1.26. The smallest absolute Gasteiger partial charge is 0.0209 e. The highest BCUT2D eigenvalue weighted by Crippen LogP contribution is 2.12. The number of likely N-dealkylation sites (N-methyl/N-ethyl adjacent to an activating group) is 1. The maximum atomic E-state index is 6.25. The fourth-order valence-electron chi connectivity index (χ4n) is 2.52. The first-order valence-electron chi connectivity index (χ1n) is 6.13. The van der Waals surface area contributed by atoms with E-state index in [1.807, 2.05) is 0 Å². The van der Waals surface area contributed by atoms with E-state index in [1.165, 1.54) is 32.6 Å². The van der Waals surface area contributed by atoms with Crippen LogP contribution in [0.15, 0.2) is 0 Å². The fraction of sp³-hybridized carbons (Fsp3) is 1.00. The summed E-state index contributed by atoms with van der Waals surface area (Å²) in [5.74, 6) is 0.699. The van der Waals surface area contributed by atoms with Crippen molar-refractivity contribution in [2.45, 2.75) is 12.5 Å². The van der Waals surface area contributed by atoms with Crippen molar-refractivity contribution in [3.63, 3.8) is 0 Å². The monoisotopic (exact) mass is 212 g/mol. The largest absolute Gasteiger partial charge is 0.326 e. The molecule has 2 unspecified atom stereocenters. The molecule has 0 aromatic rings. The summed E-state index contributed by atoms with van der Waals surface area (Å²) in [7, 11) is 2.19. The third kappa shape index (κ3) is 3.14. The Morgan fingerprint density at radius 2 is 2.07 bits per heavy atom. The van der Waals surface area contributed by atoms with Crippen molar-refractivity contribution in [3.05, 3.63) is 0 Å². The predicted octanol–water partition coefficient (Wildman–Crippen LogP) is -0.829. The molecular weight excluding hydrogens is 188 g/mol. The Hall–Kier alpha value is -0.160. The van der Waals surface area contributed by atoms with Crippen molar-refractivity contribution in [3.8, 4) is 0 Å². The number of hydrogen-bond acceptors (Lipinski definition) is 4. The standard InChI is InChI=1S/C11H24N4/c1-14-4-6-15(7-5-14)9-11(12)10-2-3-13-8-10/h10-11,13H,2-9,12H2,1H3. The minimum atomic E-state index is 0.364. The van der Waals surface area contributed by atoms with Crippen molar-refractivity contribution in [1.29, 1.82) is 0 Å². The first-order valence-corrected chi connectivity index (χ1v) is 6.13. The molecule has 0 saturated carbocycles.